The van der Waals surface area contributed by atoms with Gasteiger partial charge in [0.15, 0.2) is 0 Å². The lowest BCUT2D eigenvalue weighted by Crippen LogP contribution is -2.13. The number of hydrogen-bond acceptors (Lipinski definition) is 4. The van der Waals surface area contributed by atoms with E-state index in [1.165, 1.54) is 37.7 Å². The quantitative estimate of drug-likeness (QED) is 0.261. The fourth-order valence-corrected chi connectivity index (χ4v) is 5.50. The second kappa shape index (κ2) is 10.3. The molecule has 6 heteroatoms. The highest BCUT2D eigenvalue weighted by Gasteiger charge is 2.16. The molecule has 1 aliphatic rings. The van der Waals surface area contributed by atoms with Gasteiger partial charge in [0.1, 0.15) is 0 Å². The number of hydrogen-bond donors (Lipinski definition) is 1. The first-order valence-corrected chi connectivity index (χ1v) is 12.6. The van der Waals surface area contributed by atoms with Crippen LogP contribution in [0.4, 0.5) is 0 Å². The normalized spacial score (nSPS) is 15.7. The molecule has 1 aliphatic carbocycles. The van der Waals surface area contributed by atoms with Gasteiger partial charge in [-0.15, -0.1) is 11.3 Å². The number of nitrogens with zero attached hydrogens (tertiary/aromatic N) is 3. The lowest BCUT2D eigenvalue weighted by Gasteiger charge is -2.22. The minimum absolute atomic E-state index is 0.593. The van der Waals surface area contributed by atoms with Crippen LogP contribution in [0.3, 0.4) is 0 Å². The maximum absolute atomic E-state index is 5.19. The Labute approximate surface area is 198 Å². The third kappa shape index (κ3) is 4.87. The minimum atomic E-state index is 0.593. The molecular weight excluding hydrogens is 428 g/mol. The van der Waals surface area contributed by atoms with Crippen LogP contribution in [0.25, 0.3) is 22.2 Å². The van der Waals surface area contributed by atoms with Gasteiger partial charge in [-0.3, -0.25) is 4.99 Å². The SMILES string of the molecule is COCCN=c1scc(-c2ccc(C3CCCCC3)cc2)n1N=Cc1c[nH]c2ccccc12. The maximum Gasteiger partial charge on any atom is 0.206 e. The first-order chi connectivity index (χ1) is 16.3. The van der Waals surface area contributed by atoms with E-state index >= 15 is 0 Å². The van der Waals surface area contributed by atoms with Crippen molar-refractivity contribution in [3.8, 4) is 11.3 Å². The van der Waals surface area contributed by atoms with Gasteiger partial charge in [-0.2, -0.15) is 5.10 Å². The van der Waals surface area contributed by atoms with E-state index in [9.17, 15) is 0 Å². The van der Waals surface area contributed by atoms with Crippen molar-refractivity contribution in [2.24, 2.45) is 10.1 Å². The molecule has 0 aliphatic heterocycles. The van der Waals surface area contributed by atoms with Gasteiger partial charge in [0.25, 0.3) is 0 Å². The zero-order chi connectivity index (χ0) is 22.5. The van der Waals surface area contributed by atoms with Gasteiger partial charge in [-0.25, -0.2) is 4.68 Å². The van der Waals surface area contributed by atoms with Gasteiger partial charge in [-0.05, 0) is 30.4 Å². The number of nitrogens with one attached hydrogen (secondary N) is 1. The summed E-state index contributed by atoms with van der Waals surface area (Å²) >= 11 is 1.61. The third-order valence-corrected chi connectivity index (χ3v) is 7.30. The van der Waals surface area contributed by atoms with Gasteiger partial charge >= 0.3 is 0 Å². The summed E-state index contributed by atoms with van der Waals surface area (Å²) in [6.07, 6.45) is 10.6. The fraction of sp³-hybridized carbons (Fsp3) is 0.333. The molecule has 5 rings (SSSR count). The van der Waals surface area contributed by atoms with E-state index in [-0.39, 0.29) is 0 Å². The summed E-state index contributed by atoms with van der Waals surface area (Å²) in [6.45, 7) is 1.20. The lowest BCUT2D eigenvalue weighted by molar-refractivity contribution is 0.207. The van der Waals surface area contributed by atoms with Crippen molar-refractivity contribution in [1.29, 1.82) is 0 Å². The predicted octanol–water partition coefficient (Wildman–Crippen LogP) is 6.17. The number of fused-ring (bicyclic) bond motifs is 1. The maximum atomic E-state index is 5.19. The highest BCUT2D eigenvalue weighted by atomic mass is 32.1. The molecule has 0 atom stereocenters. The molecule has 0 radical (unpaired) electrons. The fourth-order valence-electron chi connectivity index (χ4n) is 4.63. The average Bonchev–Trinajstić information content (AvgIpc) is 3.47. The number of aromatic nitrogens is 2. The lowest BCUT2D eigenvalue weighted by atomic mass is 9.84. The minimum Gasteiger partial charge on any atom is -0.383 e. The van der Waals surface area contributed by atoms with Gasteiger partial charge < -0.3 is 9.72 Å². The van der Waals surface area contributed by atoms with Crippen LogP contribution in [-0.4, -0.2) is 36.1 Å². The van der Waals surface area contributed by atoms with Crippen molar-refractivity contribution in [3.63, 3.8) is 0 Å². The number of rotatable bonds is 7. The molecule has 4 aromatic rings. The monoisotopic (exact) mass is 458 g/mol. The van der Waals surface area contributed by atoms with Crippen LogP contribution in [0, 0.1) is 0 Å². The Balaban J connectivity index is 1.49. The number of methoxy groups -OCH3 is 1. The summed E-state index contributed by atoms with van der Waals surface area (Å²) in [6, 6.07) is 17.4. The molecule has 2 aromatic carbocycles. The smallest absolute Gasteiger partial charge is 0.206 e. The molecule has 2 heterocycles. The molecule has 2 aromatic heterocycles. The van der Waals surface area contributed by atoms with Crippen LogP contribution >= 0.6 is 11.3 Å². The number of para-hydroxylation sites is 1. The summed E-state index contributed by atoms with van der Waals surface area (Å²) < 4.78 is 7.15. The van der Waals surface area contributed by atoms with E-state index in [4.69, 9.17) is 14.8 Å². The standard InChI is InChI=1S/C27H30N4OS/c1-32-16-15-28-27-31(30-18-23-17-29-25-10-6-5-9-24(23)25)26(19-33-27)22-13-11-21(12-14-22)20-7-3-2-4-8-20/h5-6,9-14,17-20,29H,2-4,7-8,15-16H2,1H3. The van der Waals surface area contributed by atoms with Crippen LogP contribution in [0.15, 0.2) is 70.2 Å². The Kier molecular flexibility index (Phi) is 6.84. The van der Waals surface area contributed by atoms with Crippen molar-refractivity contribution >= 4 is 28.5 Å². The summed E-state index contributed by atoms with van der Waals surface area (Å²) in [5.74, 6) is 0.710. The molecule has 5 nitrogen and oxygen atoms in total. The number of thiazole rings is 1. The molecule has 170 valence electrons. The Hall–Kier alpha value is -2.96. The average molecular weight is 459 g/mol. The van der Waals surface area contributed by atoms with E-state index < -0.39 is 0 Å². The van der Waals surface area contributed by atoms with E-state index in [1.54, 1.807) is 18.4 Å². The van der Waals surface area contributed by atoms with E-state index in [2.05, 4.69) is 52.8 Å². The predicted molar refractivity (Wildman–Crippen MR) is 137 cm³/mol. The molecule has 1 fully saturated rings. The van der Waals surface area contributed by atoms with Crippen molar-refractivity contribution in [2.45, 2.75) is 38.0 Å². The van der Waals surface area contributed by atoms with E-state index in [0.717, 1.165) is 32.5 Å². The van der Waals surface area contributed by atoms with Crippen molar-refractivity contribution in [3.05, 3.63) is 76.0 Å². The number of benzene rings is 2. The number of aromatic amines is 1. The number of ether oxygens (including phenoxy) is 1. The van der Waals surface area contributed by atoms with Crippen LogP contribution < -0.4 is 4.80 Å². The van der Waals surface area contributed by atoms with Crippen LogP contribution in [-0.2, 0) is 4.74 Å². The van der Waals surface area contributed by atoms with E-state index in [0.29, 0.717) is 19.1 Å². The Morgan fingerprint density at radius 2 is 1.91 bits per heavy atom. The topological polar surface area (TPSA) is 54.7 Å². The molecule has 0 saturated heterocycles. The Morgan fingerprint density at radius 1 is 1.09 bits per heavy atom. The van der Waals surface area contributed by atoms with Crippen LogP contribution in [0.2, 0.25) is 0 Å². The molecule has 1 N–H and O–H groups in total. The second-order valence-corrected chi connectivity index (χ2v) is 9.42. The van der Waals surface area contributed by atoms with E-state index in [1.807, 2.05) is 23.2 Å². The molecular formula is C27H30N4OS. The van der Waals surface area contributed by atoms with Gasteiger partial charge in [-0.1, -0.05) is 61.7 Å². The molecule has 1 saturated carbocycles. The second-order valence-electron chi connectivity index (χ2n) is 8.58. The Morgan fingerprint density at radius 3 is 2.73 bits per heavy atom. The summed E-state index contributed by atoms with van der Waals surface area (Å²) in [5, 5.41) is 8.18. The largest absolute Gasteiger partial charge is 0.383 e. The van der Waals surface area contributed by atoms with Crippen molar-refractivity contribution < 1.29 is 4.74 Å². The molecule has 0 amide bonds. The number of H-pyrrole nitrogens is 1. The summed E-state index contributed by atoms with van der Waals surface area (Å²) in [7, 11) is 1.70. The Bertz CT molecular complexity index is 1290. The highest BCUT2D eigenvalue weighted by molar-refractivity contribution is 7.07. The third-order valence-electron chi connectivity index (χ3n) is 6.44. The summed E-state index contributed by atoms with van der Waals surface area (Å²) in [5.41, 5.74) is 5.86. The van der Waals surface area contributed by atoms with Crippen LogP contribution in [0.5, 0.6) is 0 Å². The zero-order valence-corrected chi connectivity index (χ0v) is 19.9. The van der Waals surface area contributed by atoms with Crippen LogP contribution in [0.1, 0.15) is 49.1 Å². The summed E-state index contributed by atoms with van der Waals surface area (Å²) in [4.78, 5) is 8.92. The first kappa shape index (κ1) is 21.9. The van der Waals surface area contributed by atoms with Crippen molar-refractivity contribution in [2.75, 3.05) is 20.3 Å². The molecule has 0 bridgehead atoms. The zero-order valence-electron chi connectivity index (χ0n) is 19.0. The molecule has 0 spiro atoms. The highest BCUT2D eigenvalue weighted by Crippen LogP contribution is 2.33. The van der Waals surface area contributed by atoms with Gasteiger partial charge in [0.2, 0.25) is 4.80 Å². The van der Waals surface area contributed by atoms with Gasteiger partial charge in [0.05, 0.1) is 25.1 Å². The molecule has 0 unspecified atom stereocenters. The first-order valence-electron chi connectivity index (χ1n) is 11.7. The van der Waals surface area contributed by atoms with Gasteiger partial charge in [0, 0.05) is 40.7 Å². The molecule has 33 heavy (non-hydrogen) atoms. The van der Waals surface area contributed by atoms with Crippen molar-refractivity contribution in [1.82, 2.24) is 9.66 Å².